The number of amides is 1. The van der Waals surface area contributed by atoms with Crippen molar-refractivity contribution in [3.63, 3.8) is 0 Å². The zero-order chi connectivity index (χ0) is 25.2. The second-order valence-corrected chi connectivity index (χ2v) is 9.13. The molecule has 1 aliphatic carbocycles. The molecule has 184 valence electrons. The summed E-state index contributed by atoms with van der Waals surface area (Å²) in [5, 5.41) is 11.9. The molecular formula is C26H28F3N5O. The smallest absolute Gasteiger partial charge is 0.312 e. The minimum absolute atomic E-state index is 0.0562. The van der Waals surface area contributed by atoms with Gasteiger partial charge in [-0.05, 0) is 54.2 Å². The van der Waals surface area contributed by atoms with E-state index < -0.39 is 18.5 Å². The highest BCUT2D eigenvalue weighted by atomic mass is 19.4. The van der Waals surface area contributed by atoms with Gasteiger partial charge in [-0.15, -0.1) is 0 Å². The fraction of sp³-hybridized carbons (Fsp3) is 0.423. The number of nitriles is 1. The zero-order valence-electron chi connectivity index (χ0n) is 19.7. The third kappa shape index (κ3) is 5.65. The van der Waals surface area contributed by atoms with Crippen LogP contribution in [0.4, 0.5) is 19.0 Å². The Morgan fingerprint density at radius 2 is 2.09 bits per heavy atom. The van der Waals surface area contributed by atoms with E-state index in [2.05, 4.69) is 46.9 Å². The van der Waals surface area contributed by atoms with Gasteiger partial charge in [0.25, 0.3) is 0 Å². The predicted molar refractivity (Wildman–Crippen MR) is 127 cm³/mol. The molecule has 0 radical (unpaired) electrons. The molecular weight excluding hydrogens is 455 g/mol. The number of carbonyl (C=O) groups excluding carboxylic acids is 1. The van der Waals surface area contributed by atoms with Crippen LogP contribution in [-0.2, 0) is 24.2 Å². The Bertz CT molecular complexity index is 1200. The summed E-state index contributed by atoms with van der Waals surface area (Å²) in [6.07, 6.45) is 1.20. The summed E-state index contributed by atoms with van der Waals surface area (Å²) < 4.78 is 40.3. The van der Waals surface area contributed by atoms with Gasteiger partial charge >= 0.3 is 6.18 Å². The summed E-state index contributed by atoms with van der Waals surface area (Å²) in [6, 6.07) is 6.41. The molecule has 1 aromatic heterocycles. The van der Waals surface area contributed by atoms with E-state index in [4.69, 9.17) is 0 Å². The van der Waals surface area contributed by atoms with Crippen LogP contribution in [0.3, 0.4) is 0 Å². The first-order valence-corrected chi connectivity index (χ1v) is 11.7. The number of hydrogen-bond acceptors (Lipinski definition) is 4. The summed E-state index contributed by atoms with van der Waals surface area (Å²) in [5.41, 5.74) is 5.51. The monoisotopic (exact) mass is 483 g/mol. The number of rotatable bonds is 7. The van der Waals surface area contributed by atoms with E-state index >= 15 is 0 Å². The Balaban J connectivity index is 1.46. The fourth-order valence-corrected chi connectivity index (χ4v) is 4.95. The molecule has 9 heteroatoms. The van der Waals surface area contributed by atoms with Crippen LogP contribution in [-0.4, -0.2) is 39.6 Å². The lowest BCUT2D eigenvalue weighted by atomic mass is 9.97. The largest absolute Gasteiger partial charge is 0.389 e. The number of imidazole rings is 1. The third-order valence-corrected chi connectivity index (χ3v) is 6.82. The molecule has 1 fully saturated rings. The minimum atomic E-state index is -4.28. The molecule has 2 aliphatic rings. The van der Waals surface area contributed by atoms with Gasteiger partial charge in [0.15, 0.2) is 0 Å². The first kappa shape index (κ1) is 24.7. The number of carbonyl (C=O) groups is 1. The molecule has 0 bridgehead atoms. The molecule has 4 rings (SSSR count). The third-order valence-electron chi connectivity index (χ3n) is 6.82. The number of nitrogens with zero attached hydrogens (tertiary/aromatic N) is 4. The quantitative estimate of drug-likeness (QED) is 0.556. The summed E-state index contributed by atoms with van der Waals surface area (Å²) in [6.45, 7) is 7.84. The van der Waals surface area contributed by atoms with Gasteiger partial charge < -0.3 is 9.88 Å². The van der Waals surface area contributed by atoms with Crippen molar-refractivity contribution in [2.75, 3.05) is 18.4 Å². The molecule has 6 nitrogen and oxygen atoms in total. The average molecular weight is 484 g/mol. The zero-order valence-corrected chi connectivity index (χ0v) is 19.7. The van der Waals surface area contributed by atoms with Crippen molar-refractivity contribution in [3.05, 3.63) is 64.6 Å². The van der Waals surface area contributed by atoms with Crippen LogP contribution >= 0.6 is 0 Å². The highest BCUT2D eigenvalue weighted by Gasteiger charge is 2.30. The lowest BCUT2D eigenvalue weighted by molar-refractivity contribution is -0.134. The first-order valence-electron chi connectivity index (χ1n) is 11.7. The van der Waals surface area contributed by atoms with Crippen LogP contribution < -0.4 is 5.32 Å². The van der Waals surface area contributed by atoms with Gasteiger partial charge in [0.1, 0.15) is 11.6 Å². The van der Waals surface area contributed by atoms with Crippen LogP contribution in [0.25, 0.3) is 6.08 Å². The molecule has 1 saturated heterocycles. The van der Waals surface area contributed by atoms with E-state index in [-0.39, 0.29) is 12.5 Å². The molecule has 0 spiro atoms. The van der Waals surface area contributed by atoms with Crippen LogP contribution in [0.15, 0.2) is 36.6 Å². The van der Waals surface area contributed by atoms with Crippen molar-refractivity contribution >= 4 is 17.8 Å². The van der Waals surface area contributed by atoms with Crippen LogP contribution in [0.2, 0.25) is 0 Å². The number of alkyl halides is 3. The van der Waals surface area contributed by atoms with Gasteiger partial charge in [0, 0.05) is 44.1 Å². The van der Waals surface area contributed by atoms with Crippen molar-refractivity contribution in [1.82, 2.24) is 14.5 Å². The molecule has 0 saturated carbocycles. The summed E-state index contributed by atoms with van der Waals surface area (Å²) in [4.78, 5) is 18.4. The second kappa shape index (κ2) is 10.1. The maximum absolute atomic E-state index is 12.9. The number of hydrogen-bond donors (Lipinski definition) is 1. The number of piperidine rings is 1. The van der Waals surface area contributed by atoms with E-state index in [1.54, 1.807) is 4.57 Å². The van der Waals surface area contributed by atoms with Crippen molar-refractivity contribution in [2.45, 2.75) is 57.8 Å². The Kier molecular flexibility index (Phi) is 7.13. The van der Waals surface area contributed by atoms with E-state index in [9.17, 15) is 23.2 Å². The van der Waals surface area contributed by atoms with Crippen LogP contribution in [0, 0.1) is 18.3 Å². The van der Waals surface area contributed by atoms with Crippen molar-refractivity contribution < 1.29 is 18.0 Å². The van der Waals surface area contributed by atoms with Crippen molar-refractivity contribution in [2.24, 2.45) is 0 Å². The fourth-order valence-electron chi connectivity index (χ4n) is 4.95. The number of fused-ring (bicyclic) bond motifs is 1. The number of halogens is 3. The SMILES string of the molecule is C=CC(=O)Nc1cnc(CCC(F)(F)F)n1C1CCN(Cc2ccc3c(c2C)C=C(C#N)C3)CC1. The number of likely N-dealkylation sites (tertiary alicyclic amines) is 1. The molecule has 1 aromatic carbocycles. The number of aryl methyl sites for hydroxylation is 1. The second-order valence-electron chi connectivity index (χ2n) is 9.13. The highest BCUT2D eigenvalue weighted by molar-refractivity contribution is 5.98. The maximum Gasteiger partial charge on any atom is 0.389 e. The molecule has 1 N–H and O–H groups in total. The molecule has 0 atom stereocenters. The van der Waals surface area contributed by atoms with E-state index in [0.717, 1.165) is 49.7 Å². The molecule has 2 aromatic rings. The summed E-state index contributed by atoms with van der Waals surface area (Å²) in [7, 11) is 0. The summed E-state index contributed by atoms with van der Waals surface area (Å²) >= 11 is 0. The van der Waals surface area contributed by atoms with E-state index in [1.165, 1.54) is 22.9 Å². The Morgan fingerprint density at radius 3 is 2.74 bits per heavy atom. The number of aromatic nitrogens is 2. The highest BCUT2D eigenvalue weighted by Crippen LogP contribution is 2.33. The van der Waals surface area contributed by atoms with Crippen molar-refractivity contribution in [3.8, 4) is 6.07 Å². The molecule has 2 heterocycles. The molecule has 35 heavy (non-hydrogen) atoms. The molecule has 1 aliphatic heterocycles. The van der Waals surface area contributed by atoms with Gasteiger partial charge in [0.05, 0.1) is 18.7 Å². The molecule has 1 amide bonds. The Morgan fingerprint density at radius 1 is 1.34 bits per heavy atom. The first-order chi connectivity index (χ1) is 16.7. The minimum Gasteiger partial charge on any atom is -0.312 e. The average Bonchev–Trinajstić information content (AvgIpc) is 3.44. The van der Waals surface area contributed by atoms with E-state index in [1.807, 2.05) is 6.08 Å². The lowest BCUT2D eigenvalue weighted by Crippen LogP contribution is -2.35. The van der Waals surface area contributed by atoms with E-state index in [0.29, 0.717) is 18.1 Å². The predicted octanol–water partition coefficient (Wildman–Crippen LogP) is 5.11. The Labute approximate surface area is 202 Å². The van der Waals surface area contributed by atoms with Gasteiger partial charge in [-0.3, -0.25) is 9.69 Å². The summed E-state index contributed by atoms with van der Waals surface area (Å²) in [5.74, 6) is 0.307. The van der Waals surface area contributed by atoms with Crippen molar-refractivity contribution in [1.29, 1.82) is 5.26 Å². The topological polar surface area (TPSA) is 74.0 Å². The number of allylic oxidation sites excluding steroid dienone is 1. The number of benzene rings is 1. The number of nitrogens with one attached hydrogen (secondary N) is 1. The number of anilines is 1. The maximum atomic E-state index is 12.9. The standard InChI is InChI=1S/C26H28F3N5O/c1-3-25(35)32-24-15-31-23(6-9-26(27,28)29)34(24)21-7-10-33(11-8-21)16-20-5-4-19-12-18(14-30)13-22(19)17(20)2/h3-5,13,15,21H,1,6-12,16H2,2H3,(H,32,35). The van der Waals surface area contributed by atoms with Gasteiger partial charge in [-0.25, -0.2) is 4.98 Å². The lowest BCUT2D eigenvalue weighted by Gasteiger charge is -2.34. The van der Waals surface area contributed by atoms with Gasteiger partial charge in [-0.1, -0.05) is 18.7 Å². The Hall–Kier alpha value is -3.38. The van der Waals surface area contributed by atoms with Crippen LogP contribution in [0.1, 0.15) is 53.4 Å². The van der Waals surface area contributed by atoms with Gasteiger partial charge in [0.2, 0.25) is 5.91 Å². The van der Waals surface area contributed by atoms with Crippen LogP contribution in [0.5, 0.6) is 0 Å². The normalized spacial score (nSPS) is 16.5. The van der Waals surface area contributed by atoms with Gasteiger partial charge in [-0.2, -0.15) is 18.4 Å². The molecule has 0 unspecified atom stereocenters.